The van der Waals surface area contributed by atoms with Crippen molar-refractivity contribution in [1.82, 2.24) is 0 Å². The van der Waals surface area contributed by atoms with Gasteiger partial charge in [-0.25, -0.2) is 0 Å². The number of hydrogen-bond donors (Lipinski definition) is 0. The Hall–Kier alpha value is 0. The van der Waals surface area contributed by atoms with Crippen LogP contribution in [0.2, 0.25) is 0 Å². The molecule has 1 aliphatic rings. The monoisotopic (exact) mass is 316 g/mol. The van der Waals surface area contributed by atoms with Gasteiger partial charge in [-0.3, -0.25) is 0 Å². The highest BCUT2D eigenvalue weighted by Crippen LogP contribution is 2.39. The molecule has 0 N–H and O–H groups in total. The second-order valence-electron chi connectivity index (χ2n) is 7.29. The van der Waals surface area contributed by atoms with Crippen LogP contribution >= 0.6 is 0 Å². The molecule has 0 unspecified atom stereocenters. The van der Waals surface area contributed by atoms with Crippen LogP contribution in [0.1, 0.15) is 134 Å². The molecular weight excluding hydrogens is 264 g/mol. The van der Waals surface area contributed by atoms with Crippen molar-refractivity contribution < 1.29 is 0 Å². The van der Waals surface area contributed by atoms with Crippen LogP contribution in [0.5, 0.6) is 0 Å². The summed E-state index contributed by atoms with van der Waals surface area (Å²) in [6, 6.07) is 0. The number of hydrogen-bond acceptors (Lipinski definition) is 0. The first-order valence-electron chi connectivity index (χ1n) is 10.2. The molecule has 1 fully saturated rings. The Morgan fingerprint density at radius 1 is 0.727 bits per heavy atom. The molecule has 1 aliphatic carbocycles. The molecule has 0 atom stereocenters. The van der Waals surface area contributed by atoms with Gasteiger partial charge in [-0.2, -0.15) is 0 Å². The maximum atomic E-state index is 2.42. The molecule has 0 bridgehead atoms. The van der Waals surface area contributed by atoms with Gasteiger partial charge in [-0.15, -0.1) is 0 Å². The highest BCUT2D eigenvalue weighted by Gasteiger charge is 2.25. The van der Waals surface area contributed by atoms with E-state index < -0.39 is 0 Å². The first-order chi connectivity index (χ1) is 10.2. The van der Waals surface area contributed by atoms with E-state index in [0.29, 0.717) is 5.41 Å². The molecule has 0 spiro atoms. The van der Waals surface area contributed by atoms with Crippen molar-refractivity contribution in [2.75, 3.05) is 0 Å². The van der Waals surface area contributed by atoms with Crippen LogP contribution < -0.4 is 0 Å². The van der Waals surface area contributed by atoms with E-state index in [1.54, 1.807) is 0 Å². The zero-order chi connectivity index (χ0) is 18.7. The predicted molar refractivity (Wildman–Crippen MR) is 110 cm³/mol. The molecule has 0 amide bonds. The maximum absolute atomic E-state index is 2.42. The van der Waals surface area contributed by atoms with Gasteiger partial charge >= 0.3 is 0 Å². The summed E-state index contributed by atoms with van der Waals surface area (Å²) in [6.45, 7) is 26.0. The molecule has 0 aromatic rings. The zero-order valence-corrected chi connectivity index (χ0v) is 18.7. The maximum Gasteiger partial charge on any atom is -0.0328 e. The van der Waals surface area contributed by atoms with Gasteiger partial charge in [0, 0.05) is 0 Å². The van der Waals surface area contributed by atoms with E-state index in [0.717, 1.165) is 5.41 Å². The quantitative estimate of drug-likeness (QED) is 0.476. The molecule has 0 aliphatic heterocycles. The topological polar surface area (TPSA) is 0 Å². The van der Waals surface area contributed by atoms with Gasteiger partial charge in [0.05, 0.1) is 0 Å². The van der Waals surface area contributed by atoms with Crippen molar-refractivity contribution in [3.63, 3.8) is 0 Å². The molecular formula is C22H52. The van der Waals surface area contributed by atoms with Gasteiger partial charge in [0.15, 0.2) is 0 Å². The van der Waals surface area contributed by atoms with Crippen LogP contribution in [0.25, 0.3) is 0 Å². The number of unbranched alkanes of at least 4 members (excludes halogenated alkanes) is 1. The van der Waals surface area contributed by atoms with Crippen molar-refractivity contribution in [2.45, 2.75) is 134 Å². The van der Waals surface area contributed by atoms with Crippen LogP contribution in [0.4, 0.5) is 0 Å². The summed E-state index contributed by atoms with van der Waals surface area (Å²) in [4.78, 5) is 0. The molecule has 0 heterocycles. The Morgan fingerprint density at radius 2 is 1.00 bits per heavy atom. The fraction of sp³-hybridized carbons (Fsp3) is 1.00. The SMILES string of the molecule is CC.CC.CCC(C)(C)C.CCC1(C)CCCC1.CCCC. The van der Waals surface area contributed by atoms with Crippen LogP contribution in [0.3, 0.4) is 0 Å². The Kier molecular flexibility index (Phi) is 28.6. The summed E-state index contributed by atoms with van der Waals surface area (Å²) >= 11 is 0. The van der Waals surface area contributed by atoms with Crippen molar-refractivity contribution in [3.8, 4) is 0 Å². The van der Waals surface area contributed by atoms with Crippen molar-refractivity contribution in [1.29, 1.82) is 0 Å². The molecule has 0 aromatic carbocycles. The van der Waals surface area contributed by atoms with E-state index in [9.17, 15) is 0 Å². The van der Waals surface area contributed by atoms with Crippen LogP contribution in [0.15, 0.2) is 0 Å². The van der Waals surface area contributed by atoms with Crippen LogP contribution in [-0.2, 0) is 0 Å². The highest BCUT2D eigenvalue weighted by atomic mass is 14.3. The average Bonchev–Trinajstić information content (AvgIpc) is 2.99. The van der Waals surface area contributed by atoms with E-state index in [-0.39, 0.29) is 0 Å². The highest BCUT2D eigenvalue weighted by molar-refractivity contribution is 4.78. The first kappa shape index (κ1) is 29.9. The molecule has 0 aromatic heterocycles. The van der Waals surface area contributed by atoms with Gasteiger partial charge < -0.3 is 0 Å². The zero-order valence-electron chi connectivity index (χ0n) is 18.7. The van der Waals surface area contributed by atoms with E-state index in [1.165, 1.54) is 51.4 Å². The third-order valence-electron chi connectivity index (χ3n) is 4.22. The van der Waals surface area contributed by atoms with Gasteiger partial charge in [0.25, 0.3) is 0 Å². The van der Waals surface area contributed by atoms with Crippen molar-refractivity contribution in [3.05, 3.63) is 0 Å². The Morgan fingerprint density at radius 3 is 1.09 bits per heavy atom. The summed E-state index contributed by atoms with van der Waals surface area (Å²) in [5.74, 6) is 0. The Labute approximate surface area is 145 Å². The van der Waals surface area contributed by atoms with Crippen LogP contribution in [0, 0.1) is 10.8 Å². The van der Waals surface area contributed by atoms with E-state index in [2.05, 4.69) is 55.4 Å². The average molecular weight is 317 g/mol. The number of rotatable bonds is 2. The molecule has 0 radical (unpaired) electrons. The minimum absolute atomic E-state index is 0.542. The minimum atomic E-state index is 0.542. The third-order valence-corrected chi connectivity index (χ3v) is 4.22. The van der Waals surface area contributed by atoms with E-state index >= 15 is 0 Å². The summed E-state index contributed by atoms with van der Waals surface area (Å²) in [5.41, 5.74) is 1.28. The molecule has 0 saturated heterocycles. The largest absolute Gasteiger partial charge is 0.0683 e. The summed E-state index contributed by atoms with van der Waals surface area (Å²) in [6.07, 6.45) is 11.2. The summed E-state index contributed by atoms with van der Waals surface area (Å²) < 4.78 is 0. The lowest BCUT2D eigenvalue weighted by molar-refractivity contribution is 0.323. The summed E-state index contributed by atoms with van der Waals surface area (Å²) in [5, 5.41) is 0. The first-order valence-corrected chi connectivity index (χ1v) is 10.2. The third kappa shape index (κ3) is 28.2. The van der Waals surface area contributed by atoms with Gasteiger partial charge in [0.2, 0.25) is 0 Å². The minimum Gasteiger partial charge on any atom is -0.0683 e. The van der Waals surface area contributed by atoms with E-state index in [1.807, 2.05) is 27.7 Å². The standard InChI is InChI=1S/C8H16.C6H14.C4H10.2C2H6/c1-3-8(2)6-4-5-7-8;1-5-6(2,3)4;1-3-4-2;2*1-2/h3-7H2,1-2H3;5H2,1-4H3;3-4H2,1-2H3;2*1-2H3. The lowest BCUT2D eigenvalue weighted by Crippen LogP contribution is -2.07. The Bertz CT molecular complexity index is 153. The second-order valence-corrected chi connectivity index (χ2v) is 7.29. The lowest BCUT2D eigenvalue weighted by Gasteiger charge is -2.19. The molecule has 140 valence electrons. The van der Waals surface area contributed by atoms with Gasteiger partial charge in [-0.05, 0) is 23.7 Å². The fourth-order valence-corrected chi connectivity index (χ4v) is 1.58. The molecule has 1 rings (SSSR count). The molecule has 0 heteroatoms. The van der Waals surface area contributed by atoms with Crippen molar-refractivity contribution >= 4 is 0 Å². The summed E-state index contributed by atoms with van der Waals surface area (Å²) in [7, 11) is 0. The lowest BCUT2D eigenvalue weighted by atomic mass is 9.86. The normalized spacial score (nSPS) is 14.7. The van der Waals surface area contributed by atoms with Gasteiger partial charge in [-0.1, -0.05) is 122 Å². The van der Waals surface area contributed by atoms with Gasteiger partial charge in [0.1, 0.15) is 0 Å². The second kappa shape index (κ2) is 21.0. The molecule has 22 heavy (non-hydrogen) atoms. The predicted octanol–water partition coefficient (Wildman–Crippen LogP) is 9.28. The van der Waals surface area contributed by atoms with Crippen LogP contribution in [-0.4, -0.2) is 0 Å². The molecule has 1 saturated carbocycles. The molecule has 0 nitrogen and oxygen atoms in total. The van der Waals surface area contributed by atoms with Crippen molar-refractivity contribution in [2.24, 2.45) is 10.8 Å². The van der Waals surface area contributed by atoms with E-state index in [4.69, 9.17) is 0 Å². The smallest absolute Gasteiger partial charge is 0.0328 e. The Balaban J connectivity index is -0.000000104. The fourth-order valence-electron chi connectivity index (χ4n) is 1.58.